The summed E-state index contributed by atoms with van der Waals surface area (Å²) in [7, 11) is -3.46. The van der Waals surface area contributed by atoms with Crippen molar-refractivity contribution in [1.29, 1.82) is 5.26 Å². The van der Waals surface area contributed by atoms with Crippen molar-refractivity contribution in [2.75, 3.05) is 18.4 Å². The maximum atomic E-state index is 12.8. The lowest BCUT2D eigenvalue weighted by Gasteiger charge is -2.30. The van der Waals surface area contributed by atoms with Gasteiger partial charge in [0.1, 0.15) is 16.6 Å². The summed E-state index contributed by atoms with van der Waals surface area (Å²) in [5, 5.41) is 14.9. The van der Waals surface area contributed by atoms with Crippen molar-refractivity contribution in [1.82, 2.24) is 9.29 Å². The second-order valence-electron chi connectivity index (χ2n) is 6.74. The largest absolute Gasteiger partial charge is 0.360 e. The highest BCUT2D eigenvalue weighted by Crippen LogP contribution is 2.25. The summed E-state index contributed by atoms with van der Waals surface area (Å²) in [6, 6.07) is 8.75. The highest BCUT2D eigenvalue weighted by Gasteiger charge is 2.28. The van der Waals surface area contributed by atoms with Crippen LogP contribution in [0.5, 0.6) is 0 Å². The maximum Gasteiger partial charge on any atom is 0.243 e. The van der Waals surface area contributed by atoms with Crippen LogP contribution in [0.1, 0.15) is 30.5 Å². The number of allylic oxidation sites excluding steroid dienone is 1. The molecule has 1 saturated heterocycles. The molecule has 0 spiro atoms. The number of thiazole rings is 1. The van der Waals surface area contributed by atoms with Gasteiger partial charge in [-0.15, -0.1) is 11.3 Å². The molecular formula is C19H22N4O2S2. The fourth-order valence-electron chi connectivity index (χ4n) is 3.01. The molecule has 1 N–H and O–H groups in total. The van der Waals surface area contributed by atoms with Gasteiger partial charge in [-0.25, -0.2) is 13.4 Å². The first kappa shape index (κ1) is 19.5. The number of sulfonamides is 1. The van der Waals surface area contributed by atoms with E-state index in [-0.39, 0.29) is 0 Å². The van der Waals surface area contributed by atoms with E-state index in [9.17, 15) is 13.7 Å². The average molecular weight is 403 g/mol. The molecular weight excluding hydrogens is 380 g/mol. The minimum atomic E-state index is -3.46. The van der Waals surface area contributed by atoms with Crippen molar-refractivity contribution in [2.45, 2.75) is 31.6 Å². The van der Waals surface area contributed by atoms with Crippen molar-refractivity contribution < 1.29 is 8.42 Å². The van der Waals surface area contributed by atoms with E-state index in [1.165, 1.54) is 11.3 Å². The van der Waals surface area contributed by atoms with Gasteiger partial charge >= 0.3 is 0 Å². The summed E-state index contributed by atoms with van der Waals surface area (Å²) in [6.45, 7) is 5.11. The second-order valence-corrected chi connectivity index (χ2v) is 9.54. The zero-order valence-electron chi connectivity index (χ0n) is 15.3. The standard InChI is InChI=1S/C19H22N4O2S2/c1-14-4-3-9-23(12-14)27(24,25)18-7-5-17(6-8-18)21-11-16(10-20)19-22-15(2)13-26-19/h5-8,11,13-14,21H,3-4,9,12H2,1-2H3/b16-11+/t14-/m0/s1. The Labute approximate surface area is 164 Å². The number of hydrogen-bond donors (Lipinski definition) is 1. The number of aromatic nitrogens is 1. The number of rotatable bonds is 5. The minimum absolute atomic E-state index is 0.294. The van der Waals surface area contributed by atoms with Crippen LogP contribution in [0.4, 0.5) is 5.69 Å². The number of nitrogens with one attached hydrogen (secondary N) is 1. The Kier molecular flexibility index (Phi) is 5.95. The fraction of sp³-hybridized carbons (Fsp3) is 0.368. The van der Waals surface area contributed by atoms with E-state index in [0.717, 1.165) is 18.5 Å². The van der Waals surface area contributed by atoms with E-state index in [4.69, 9.17) is 0 Å². The predicted molar refractivity (Wildman–Crippen MR) is 108 cm³/mol. The quantitative estimate of drug-likeness (QED) is 0.768. The highest BCUT2D eigenvalue weighted by atomic mass is 32.2. The molecule has 3 rings (SSSR count). The number of nitriles is 1. The van der Waals surface area contributed by atoms with E-state index < -0.39 is 10.0 Å². The maximum absolute atomic E-state index is 12.8. The first-order valence-electron chi connectivity index (χ1n) is 8.79. The van der Waals surface area contributed by atoms with E-state index in [1.54, 1.807) is 34.8 Å². The molecule has 1 aromatic heterocycles. The SMILES string of the molecule is Cc1csc(/C(C#N)=C/Nc2ccc(S(=O)(=O)N3CCC[C@H](C)C3)cc2)n1. The van der Waals surface area contributed by atoms with Crippen LogP contribution in [0.15, 0.2) is 40.7 Å². The van der Waals surface area contributed by atoms with Crippen molar-refractivity contribution in [3.63, 3.8) is 0 Å². The van der Waals surface area contributed by atoms with Gasteiger partial charge in [0.2, 0.25) is 10.0 Å². The Bertz CT molecular complexity index is 972. The third kappa shape index (κ3) is 4.56. The number of nitrogens with zero attached hydrogens (tertiary/aromatic N) is 3. The lowest BCUT2D eigenvalue weighted by molar-refractivity contribution is 0.281. The second kappa shape index (κ2) is 8.21. The van der Waals surface area contributed by atoms with Crippen molar-refractivity contribution in [2.24, 2.45) is 5.92 Å². The van der Waals surface area contributed by atoms with Crippen LogP contribution in [-0.2, 0) is 10.0 Å². The van der Waals surface area contributed by atoms with Gasteiger partial charge in [0, 0.05) is 36.1 Å². The lowest BCUT2D eigenvalue weighted by Crippen LogP contribution is -2.39. The van der Waals surface area contributed by atoms with Crippen LogP contribution in [0, 0.1) is 24.2 Å². The minimum Gasteiger partial charge on any atom is -0.360 e. The van der Waals surface area contributed by atoms with Crippen LogP contribution in [0.25, 0.3) is 5.57 Å². The van der Waals surface area contributed by atoms with Crippen LogP contribution >= 0.6 is 11.3 Å². The molecule has 0 radical (unpaired) electrons. The van der Waals surface area contributed by atoms with E-state index in [2.05, 4.69) is 23.3 Å². The third-order valence-electron chi connectivity index (χ3n) is 4.46. The van der Waals surface area contributed by atoms with Crippen LogP contribution in [0.2, 0.25) is 0 Å². The normalized spacial score (nSPS) is 18.9. The van der Waals surface area contributed by atoms with Crippen molar-refractivity contribution in [3.8, 4) is 6.07 Å². The molecule has 0 bridgehead atoms. The van der Waals surface area contributed by atoms with Gasteiger partial charge in [-0.3, -0.25) is 0 Å². The monoisotopic (exact) mass is 402 g/mol. The average Bonchev–Trinajstić information content (AvgIpc) is 3.09. The third-order valence-corrected chi connectivity index (χ3v) is 7.34. The van der Waals surface area contributed by atoms with Gasteiger partial charge in [0.05, 0.1) is 4.90 Å². The summed E-state index contributed by atoms with van der Waals surface area (Å²) < 4.78 is 27.1. The summed E-state index contributed by atoms with van der Waals surface area (Å²) in [4.78, 5) is 4.59. The first-order valence-corrected chi connectivity index (χ1v) is 11.1. The smallest absolute Gasteiger partial charge is 0.243 e. The molecule has 27 heavy (non-hydrogen) atoms. The fourth-order valence-corrected chi connectivity index (χ4v) is 5.37. The van der Waals surface area contributed by atoms with Crippen LogP contribution in [-0.4, -0.2) is 30.8 Å². The molecule has 0 saturated carbocycles. The Morgan fingerprint density at radius 3 is 2.74 bits per heavy atom. The zero-order chi connectivity index (χ0) is 19.4. The van der Waals surface area contributed by atoms with Crippen LogP contribution in [0.3, 0.4) is 0 Å². The van der Waals surface area contributed by atoms with Gasteiger partial charge < -0.3 is 5.32 Å². The molecule has 0 aliphatic carbocycles. The van der Waals surface area contributed by atoms with Gasteiger partial charge in [-0.2, -0.15) is 9.57 Å². The molecule has 0 amide bonds. The topological polar surface area (TPSA) is 86.1 Å². The Morgan fingerprint density at radius 1 is 1.41 bits per heavy atom. The number of aryl methyl sites for hydroxylation is 1. The van der Waals surface area contributed by atoms with E-state index >= 15 is 0 Å². The molecule has 1 aliphatic heterocycles. The number of piperidine rings is 1. The number of benzene rings is 1. The first-order chi connectivity index (χ1) is 12.9. The molecule has 142 valence electrons. The molecule has 1 fully saturated rings. The van der Waals surface area contributed by atoms with E-state index in [1.807, 2.05) is 12.3 Å². The van der Waals surface area contributed by atoms with Crippen molar-refractivity contribution in [3.05, 3.63) is 46.5 Å². The number of anilines is 1. The van der Waals surface area contributed by atoms with Gasteiger partial charge in [0.25, 0.3) is 0 Å². The van der Waals surface area contributed by atoms with E-state index in [0.29, 0.717) is 40.2 Å². The molecule has 1 aromatic carbocycles. The lowest BCUT2D eigenvalue weighted by atomic mass is 10.0. The van der Waals surface area contributed by atoms with Crippen LogP contribution < -0.4 is 5.32 Å². The molecule has 8 heteroatoms. The molecule has 2 aromatic rings. The molecule has 2 heterocycles. The Balaban J connectivity index is 1.73. The highest BCUT2D eigenvalue weighted by molar-refractivity contribution is 7.89. The van der Waals surface area contributed by atoms with Gasteiger partial charge in [-0.1, -0.05) is 6.92 Å². The summed E-state index contributed by atoms with van der Waals surface area (Å²) in [5.74, 6) is 0.388. The Hall–Kier alpha value is -2.21. The molecule has 1 aliphatic rings. The molecule has 0 unspecified atom stereocenters. The van der Waals surface area contributed by atoms with Gasteiger partial charge in [-0.05, 0) is 49.9 Å². The molecule has 6 nitrogen and oxygen atoms in total. The van der Waals surface area contributed by atoms with Gasteiger partial charge in [0.15, 0.2) is 0 Å². The summed E-state index contributed by atoms with van der Waals surface area (Å²) >= 11 is 1.41. The zero-order valence-corrected chi connectivity index (χ0v) is 17.0. The Morgan fingerprint density at radius 2 is 2.15 bits per heavy atom. The summed E-state index contributed by atoms with van der Waals surface area (Å²) in [6.07, 6.45) is 3.56. The summed E-state index contributed by atoms with van der Waals surface area (Å²) in [5.41, 5.74) is 2.02. The van der Waals surface area contributed by atoms with Crippen molar-refractivity contribution >= 4 is 32.6 Å². The molecule has 1 atom stereocenters. The number of hydrogen-bond acceptors (Lipinski definition) is 6. The predicted octanol–water partition coefficient (Wildman–Crippen LogP) is 3.85.